The highest BCUT2D eigenvalue weighted by molar-refractivity contribution is 6.33. The van der Waals surface area contributed by atoms with Crippen molar-refractivity contribution >= 4 is 29.2 Å². The smallest absolute Gasteiger partial charge is 0.354 e. The Morgan fingerprint density at radius 2 is 2.00 bits per heavy atom. The average molecular weight is 288 g/mol. The van der Waals surface area contributed by atoms with Crippen LogP contribution in [0.3, 0.4) is 0 Å². The molecule has 1 N–H and O–H groups in total. The summed E-state index contributed by atoms with van der Waals surface area (Å²) in [6, 6.07) is 3.99. The molecule has 0 fully saturated rings. The quantitative estimate of drug-likeness (QED) is 0.679. The van der Waals surface area contributed by atoms with E-state index in [1.54, 1.807) is 0 Å². The lowest BCUT2D eigenvalue weighted by Crippen LogP contribution is -2.16. The summed E-state index contributed by atoms with van der Waals surface area (Å²) in [4.78, 5) is 22.6. The molecule has 0 aliphatic carbocycles. The number of ether oxygens (including phenoxy) is 2. The van der Waals surface area contributed by atoms with E-state index in [0.29, 0.717) is 0 Å². The fourth-order valence-corrected chi connectivity index (χ4v) is 1.39. The minimum atomic E-state index is -0.857. The van der Waals surface area contributed by atoms with Gasteiger partial charge >= 0.3 is 11.9 Å². The predicted octanol–water partition coefficient (Wildman–Crippen LogP) is 2.12. The van der Waals surface area contributed by atoms with Gasteiger partial charge in [0.25, 0.3) is 0 Å². The highest BCUT2D eigenvalue weighted by Gasteiger charge is 2.16. The molecule has 7 heteroatoms. The second-order valence-electron chi connectivity index (χ2n) is 3.29. The van der Waals surface area contributed by atoms with Crippen LogP contribution in [-0.4, -0.2) is 26.2 Å². The lowest BCUT2D eigenvalue weighted by atomic mass is 10.2. The summed E-state index contributed by atoms with van der Waals surface area (Å²) in [6.45, 7) is 0. The molecule has 5 nitrogen and oxygen atoms in total. The van der Waals surface area contributed by atoms with Crippen LogP contribution in [0.4, 0.5) is 10.1 Å². The molecule has 0 aliphatic rings. The molecule has 19 heavy (non-hydrogen) atoms. The van der Waals surface area contributed by atoms with Gasteiger partial charge < -0.3 is 14.8 Å². The zero-order valence-electron chi connectivity index (χ0n) is 10.2. The molecule has 0 spiro atoms. The topological polar surface area (TPSA) is 64.6 Å². The van der Waals surface area contributed by atoms with Crippen LogP contribution in [0, 0.1) is 5.82 Å². The number of carbonyl (C=O) groups excluding carboxylic acids is 2. The lowest BCUT2D eigenvalue weighted by Gasteiger charge is -2.11. The molecule has 0 amide bonds. The number of nitrogens with one attached hydrogen (secondary N) is 1. The van der Waals surface area contributed by atoms with Gasteiger partial charge in [-0.2, -0.15) is 0 Å². The first kappa shape index (κ1) is 15.0. The van der Waals surface area contributed by atoms with Crippen LogP contribution < -0.4 is 5.32 Å². The number of halogens is 2. The molecule has 1 aromatic rings. The maximum Gasteiger partial charge on any atom is 0.354 e. The summed E-state index contributed by atoms with van der Waals surface area (Å²) >= 11 is 5.79. The van der Waals surface area contributed by atoms with Crippen molar-refractivity contribution in [1.29, 1.82) is 0 Å². The number of esters is 2. The fraction of sp³-hybridized carbons (Fsp3) is 0.167. The Labute approximate surface area is 114 Å². The summed E-state index contributed by atoms with van der Waals surface area (Å²) in [5.41, 5.74) is -0.425. The van der Waals surface area contributed by atoms with Crippen LogP contribution in [0.2, 0.25) is 5.02 Å². The number of hydrogen-bond acceptors (Lipinski definition) is 5. The lowest BCUT2D eigenvalue weighted by molar-refractivity contribution is -0.138. The molecule has 0 aromatic heterocycles. The van der Waals surface area contributed by atoms with Gasteiger partial charge in [-0.05, 0) is 12.1 Å². The maximum absolute atomic E-state index is 13.6. The van der Waals surface area contributed by atoms with Gasteiger partial charge in [0.15, 0.2) is 0 Å². The number of anilines is 1. The first-order valence-electron chi connectivity index (χ1n) is 5.08. The standard InChI is InChI=1S/C12H11ClFNO4/c1-18-10(16)6-9(12(17)19-2)15-11-7(13)4-3-5-8(11)14/h3-6,15H,1-2H3/b9-6+. The fourth-order valence-electron chi connectivity index (χ4n) is 1.18. The van der Waals surface area contributed by atoms with E-state index in [2.05, 4.69) is 14.8 Å². The SMILES string of the molecule is COC(=O)/C=C(/Nc1c(F)cccc1Cl)C(=O)OC. The van der Waals surface area contributed by atoms with E-state index >= 15 is 0 Å². The zero-order valence-corrected chi connectivity index (χ0v) is 11.0. The number of para-hydroxylation sites is 1. The van der Waals surface area contributed by atoms with Crippen LogP contribution in [-0.2, 0) is 19.1 Å². The summed E-state index contributed by atoms with van der Waals surface area (Å²) in [6.07, 6.45) is 0.842. The molecule has 1 aromatic carbocycles. The Kier molecular flexibility index (Phi) is 5.32. The van der Waals surface area contributed by atoms with Crippen molar-refractivity contribution in [3.8, 4) is 0 Å². The van der Waals surface area contributed by atoms with Crippen LogP contribution in [0.5, 0.6) is 0 Å². The molecule has 0 saturated heterocycles. The van der Waals surface area contributed by atoms with Gasteiger partial charge in [0.1, 0.15) is 11.5 Å². The Balaban J connectivity index is 3.11. The van der Waals surface area contributed by atoms with Crippen LogP contribution in [0.1, 0.15) is 0 Å². The van der Waals surface area contributed by atoms with Gasteiger partial charge in [-0.3, -0.25) is 0 Å². The highest BCUT2D eigenvalue weighted by atomic mass is 35.5. The van der Waals surface area contributed by atoms with Crippen LogP contribution in [0.25, 0.3) is 0 Å². The van der Waals surface area contributed by atoms with Gasteiger partial charge in [0.2, 0.25) is 0 Å². The van der Waals surface area contributed by atoms with E-state index in [4.69, 9.17) is 11.6 Å². The second kappa shape index (κ2) is 6.75. The molecular weight excluding hydrogens is 277 g/mol. The van der Waals surface area contributed by atoms with Gasteiger partial charge in [0.05, 0.1) is 31.0 Å². The van der Waals surface area contributed by atoms with Crippen molar-refractivity contribution in [3.63, 3.8) is 0 Å². The molecule has 1 rings (SSSR count). The summed E-state index contributed by atoms with van der Waals surface area (Å²) in [5, 5.41) is 2.47. The Morgan fingerprint density at radius 3 is 2.53 bits per heavy atom. The molecule has 0 radical (unpaired) electrons. The monoisotopic (exact) mass is 287 g/mol. The minimum Gasteiger partial charge on any atom is -0.466 e. The van der Waals surface area contributed by atoms with Crippen LogP contribution >= 0.6 is 11.6 Å². The normalized spacial score (nSPS) is 10.8. The third-order valence-corrected chi connectivity index (χ3v) is 2.41. The molecule has 0 atom stereocenters. The van der Waals surface area contributed by atoms with E-state index in [1.807, 2.05) is 0 Å². The predicted molar refractivity (Wildman–Crippen MR) is 67.1 cm³/mol. The maximum atomic E-state index is 13.6. The summed E-state index contributed by atoms with van der Waals surface area (Å²) < 4.78 is 22.4. The van der Waals surface area contributed by atoms with Crippen molar-refractivity contribution in [1.82, 2.24) is 0 Å². The van der Waals surface area contributed by atoms with E-state index < -0.39 is 17.8 Å². The van der Waals surface area contributed by atoms with Crippen molar-refractivity contribution in [3.05, 3.63) is 40.8 Å². The van der Waals surface area contributed by atoms with Crippen LogP contribution in [0.15, 0.2) is 30.0 Å². The number of rotatable bonds is 4. The van der Waals surface area contributed by atoms with Crippen molar-refractivity contribution in [2.75, 3.05) is 19.5 Å². The van der Waals surface area contributed by atoms with Gasteiger partial charge in [-0.15, -0.1) is 0 Å². The van der Waals surface area contributed by atoms with E-state index in [-0.39, 0.29) is 16.4 Å². The second-order valence-corrected chi connectivity index (χ2v) is 3.70. The molecule has 102 valence electrons. The van der Waals surface area contributed by atoms with Crippen molar-refractivity contribution in [2.45, 2.75) is 0 Å². The molecule has 0 unspecified atom stereocenters. The molecule has 0 saturated carbocycles. The van der Waals surface area contributed by atoms with E-state index in [9.17, 15) is 14.0 Å². The molecule has 0 heterocycles. The zero-order chi connectivity index (χ0) is 14.4. The molecule has 0 aliphatic heterocycles. The number of hydrogen-bond donors (Lipinski definition) is 1. The van der Waals surface area contributed by atoms with Crippen molar-refractivity contribution < 1.29 is 23.5 Å². The summed E-state index contributed by atoms with van der Waals surface area (Å²) in [7, 11) is 2.27. The van der Waals surface area contributed by atoms with E-state index in [1.165, 1.54) is 12.1 Å². The summed E-state index contributed by atoms with van der Waals surface area (Å²) in [5.74, 6) is -2.32. The number of methoxy groups -OCH3 is 2. The first-order chi connectivity index (χ1) is 8.99. The molecular formula is C12H11ClFNO4. The molecule has 0 bridgehead atoms. The average Bonchev–Trinajstić information content (AvgIpc) is 2.40. The third-order valence-electron chi connectivity index (χ3n) is 2.09. The van der Waals surface area contributed by atoms with Gasteiger partial charge in [-0.25, -0.2) is 14.0 Å². The first-order valence-corrected chi connectivity index (χ1v) is 5.46. The largest absolute Gasteiger partial charge is 0.466 e. The highest BCUT2D eigenvalue weighted by Crippen LogP contribution is 2.26. The third kappa shape index (κ3) is 3.96. The minimum absolute atomic E-state index is 0.0552. The Bertz CT molecular complexity index is 510. The van der Waals surface area contributed by atoms with Gasteiger partial charge in [0, 0.05) is 0 Å². The Morgan fingerprint density at radius 1 is 1.32 bits per heavy atom. The number of benzene rings is 1. The Hall–Kier alpha value is -2.08. The van der Waals surface area contributed by atoms with Gasteiger partial charge in [-0.1, -0.05) is 17.7 Å². The van der Waals surface area contributed by atoms with E-state index in [0.717, 1.165) is 26.4 Å². The van der Waals surface area contributed by atoms with Crippen molar-refractivity contribution in [2.24, 2.45) is 0 Å². The number of carbonyl (C=O) groups is 2.